The molecule has 1 unspecified atom stereocenters. The highest BCUT2D eigenvalue weighted by molar-refractivity contribution is 5.72. The molecule has 1 aromatic carbocycles. The fraction of sp³-hybridized carbons (Fsp3) is 0.571. The van der Waals surface area contributed by atoms with E-state index < -0.39 is 0 Å². The van der Waals surface area contributed by atoms with E-state index >= 15 is 0 Å². The Morgan fingerprint density at radius 3 is 2.28 bits per heavy atom. The number of hydrogen-bond acceptors (Lipinski definition) is 4. The molecule has 0 amide bonds. The number of nitrogen functional groups attached to an aromatic ring is 1. The Hall–Kier alpha value is -1.58. The van der Waals surface area contributed by atoms with E-state index in [-0.39, 0.29) is 0 Å². The maximum Gasteiger partial charge on any atom is 0.162 e. The van der Waals surface area contributed by atoms with Gasteiger partial charge in [-0.2, -0.15) is 0 Å². The molecular formula is C14H24N2O2. The average Bonchev–Trinajstić information content (AvgIpc) is 2.37. The van der Waals surface area contributed by atoms with Gasteiger partial charge in [-0.05, 0) is 5.92 Å². The molecule has 18 heavy (non-hydrogen) atoms. The van der Waals surface area contributed by atoms with Gasteiger partial charge >= 0.3 is 0 Å². The fourth-order valence-corrected chi connectivity index (χ4v) is 1.91. The molecule has 1 rings (SSSR count). The van der Waals surface area contributed by atoms with Gasteiger partial charge in [0, 0.05) is 25.7 Å². The van der Waals surface area contributed by atoms with Gasteiger partial charge < -0.3 is 20.1 Å². The zero-order valence-electron chi connectivity index (χ0n) is 12.0. The van der Waals surface area contributed by atoms with Crippen molar-refractivity contribution in [1.29, 1.82) is 0 Å². The summed E-state index contributed by atoms with van der Waals surface area (Å²) in [5.41, 5.74) is 7.75. The van der Waals surface area contributed by atoms with Gasteiger partial charge in [-0.3, -0.25) is 0 Å². The molecule has 0 aliphatic rings. The van der Waals surface area contributed by atoms with Crippen LogP contribution in [0.25, 0.3) is 0 Å². The topological polar surface area (TPSA) is 47.7 Å². The summed E-state index contributed by atoms with van der Waals surface area (Å²) in [6.45, 7) is 5.39. The molecule has 0 spiro atoms. The molecule has 1 aromatic rings. The van der Waals surface area contributed by atoms with Crippen molar-refractivity contribution in [3.05, 3.63) is 12.1 Å². The van der Waals surface area contributed by atoms with Crippen LogP contribution < -0.4 is 20.1 Å². The highest BCUT2D eigenvalue weighted by Crippen LogP contribution is 2.36. The largest absolute Gasteiger partial charge is 0.493 e. The lowest BCUT2D eigenvalue weighted by atomic mass is 10.1. The van der Waals surface area contributed by atoms with E-state index in [1.54, 1.807) is 20.3 Å². The molecule has 4 heteroatoms. The normalized spacial score (nSPS) is 12.1. The van der Waals surface area contributed by atoms with E-state index in [0.29, 0.717) is 23.1 Å². The SMILES string of the molecule is CCC(C)CN(C)c1cc(OC)c(OC)cc1N. The number of methoxy groups -OCH3 is 2. The van der Waals surface area contributed by atoms with Gasteiger partial charge in [-0.15, -0.1) is 0 Å². The third-order valence-electron chi connectivity index (χ3n) is 3.23. The molecule has 0 heterocycles. The number of hydrogen-bond donors (Lipinski definition) is 1. The highest BCUT2D eigenvalue weighted by Gasteiger charge is 2.13. The van der Waals surface area contributed by atoms with Crippen molar-refractivity contribution < 1.29 is 9.47 Å². The minimum absolute atomic E-state index is 0.627. The second-order valence-electron chi connectivity index (χ2n) is 4.66. The average molecular weight is 252 g/mol. The van der Waals surface area contributed by atoms with E-state index in [9.17, 15) is 0 Å². The summed E-state index contributed by atoms with van der Waals surface area (Å²) < 4.78 is 10.5. The quantitative estimate of drug-likeness (QED) is 0.791. The number of anilines is 2. The number of nitrogens with two attached hydrogens (primary N) is 1. The van der Waals surface area contributed by atoms with Crippen LogP contribution in [0.2, 0.25) is 0 Å². The van der Waals surface area contributed by atoms with E-state index in [1.807, 2.05) is 13.1 Å². The van der Waals surface area contributed by atoms with Crippen LogP contribution in [0.5, 0.6) is 11.5 Å². The summed E-state index contributed by atoms with van der Waals surface area (Å²) in [6, 6.07) is 3.73. The van der Waals surface area contributed by atoms with Crippen LogP contribution in [0.15, 0.2) is 12.1 Å². The number of benzene rings is 1. The van der Waals surface area contributed by atoms with Gasteiger partial charge in [0.25, 0.3) is 0 Å². The monoisotopic (exact) mass is 252 g/mol. The fourth-order valence-electron chi connectivity index (χ4n) is 1.91. The van der Waals surface area contributed by atoms with Crippen LogP contribution in [-0.2, 0) is 0 Å². The molecule has 0 fully saturated rings. The summed E-state index contributed by atoms with van der Waals surface area (Å²) in [4.78, 5) is 2.16. The van der Waals surface area contributed by atoms with Crippen molar-refractivity contribution in [3.63, 3.8) is 0 Å². The third kappa shape index (κ3) is 3.22. The van der Waals surface area contributed by atoms with Gasteiger partial charge in [0.15, 0.2) is 11.5 Å². The Morgan fingerprint density at radius 2 is 1.78 bits per heavy atom. The van der Waals surface area contributed by atoms with E-state index in [4.69, 9.17) is 15.2 Å². The molecule has 0 aliphatic heterocycles. The van der Waals surface area contributed by atoms with Gasteiger partial charge in [0.1, 0.15) is 0 Å². The standard InChI is InChI=1S/C14H24N2O2/c1-6-10(2)9-16(3)12-8-14(18-5)13(17-4)7-11(12)15/h7-8,10H,6,9,15H2,1-5H3. The lowest BCUT2D eigenvalue weighted by Gasteiger charge is -2.25. The Balaban J connectivity index is 3.01. The smallest absolute Gasteiger partial charge is 0.162 e. The summed E-state index contributed by atoms with van der Waals surface area (Å²) in [7, 11) is 5.29. The molecular weight excluding hydrogens is 228 g/mol. The van der Waals surface area contributed by atoms with Gasteiger partial charge in [-0.1, -0.05) is 20.3 Å². The van der Waals surface area contributed by atoms with Crippen molar-refractivity contribution in [3.8, 4) is 11.5 Å². The highest BCUT2D eigenvalue weighted by atomic mass is 16.5. The van der Waals surface area contributed by atoms with Crippen LogP contribution in [0.3, 0.4) is 0 Å². The zero-order chi connectivity index (χ0) is 13.7. The molecule has 0 saturated heterocycles. The van der Waals surface area contributed by atoms with Gasteiger partial charge in [0.2, 0.25) is 0 Å². The molecule has 0 saturated carbocycles. The minimum Gasteiger partial charge on any atom is -0.493 e. The predicted octanol–water partition coefficient (Wildman–Crippen LogP) is 2.77. The molecule has 2 N–H and O–H groups in total. The number of rotatable bonds is 6. The maximum atomic E-state index is 6.06. The van der Waals surface area contributed by atoms with Gasteiger partial charge in [0.05, 0.1) is 25.6 Å². The van der Waals surface area contributed by atoms with E-state index in [1.165, 1.54) is 0 Å². The Morgan fingerprint density at radius 1 is 1.22 bits per heavy atom. The van der Waals surface area contributed by atoms with Crippen molar-refractivity contribution in [2.75, 3.05) is 38.4 Å². The molecule has 0 bridgehead atoms. The van der Waals surface area contributed by atoms with Crippen molar-refractivity contribution >= 4 is 11.4 Å². The first-order valence-electron chi connectivity index (χ1n) is 6.26. The Labute approximate surface area is 110 Å². The number of nitrogens with zero attached hydrogens (tertiary/aromatic N) is 1. The molecule has 0 aromatic heterocycles. The molecule has 4 nitrogen and oxygen atoms in total. The third-order valence-corrected chi connectivity index (χ3v) is 3.23. The first kappa shape index (κ1) is 14.5. The van der Waals surface area contributed by atoms with Crippen LogP contribution >= 0.6 is 0 Å². The van der Waals surface area contributed by atoms with Crippen LogP contribution in [-0.4, -0.2) is 27.8 Å². The maximum absolute atomic E-state index is 6.06. The first-order chi connectivity index (χ1) is 8.53. The van der Waals surface area contributed by atoms with Crippen LogP contribution in [0.1, 0.15) is 20.3 Å². The Bertz CT molecular complexity index is 394. The lowest BCUT2D eigenvalue weighted by molar-refractivity contribution is 0.355. The summed E-state index contributed by atoms with van der Waals surface area (Å²) >= 11 is 0. The van der Waals surface area contributed by atoms with Crippen molar-refractivity contribution in [2.45, 2.75) is 20.3 Å². The second-order valence-corrected chi connectivity index (χ2v) is 4.66. The van der Waals surface area contributed by atoms with E-state index in [0.717, 1.165) is 18.7 Å². The number of ether oxygens (including phenoxy) is 2. The van der Waals surface area contributed by atoms with E-state index in [2.05, 4.69) is 18.7 Å². The lowest BCUT2D eigenvalue weighted by Crippen LogP contribution is -2.24. The van der Waals surface area contributed by atoms with Crippen molar-refractivity contribution in [1.82, 2.24) is 0 Å². The zero-order valence-corrected chi connectivity index (χ0v) is 12.0. The van der Waals surface area contributed by atoms with Crippen LogP contribution in [0, 0.1) is 5.92 Å². The van der Waals surface area contributed by atoms with Crippen molar-refractivity contribution in [2.24, 2.45) is 5.92 Å². The molecule has 1 atom stereocenters. The first-order valence-corrected chi connectivity index (χ1v) is 6.26. The predicted molar refractivity (Wildman–Crippen MR) is 76.7 cm³/mol. The summed E-state index contributed by atoms with van der Waals surface area (Å²) in [6.07, 6.45) is 1.15. The molecule has 0 radical (unpaired) electrons. The second kappa shape index (κ2) is 6.38. The molecule has 102 valence electrons. The Kier molecular flexibility index (Phi) is 5.13. The van der Waals surface area contributed by atoms with Gasteiger partial charge in [-0.25, -0.2) is 0 Å². The summed E-state index contributed by atoms with van der Waals surface area (Å²) in [5.74, 6) is 2.00. The molecule has 0 aliphatic carbocycles. The van der Waals surface area contributed by atoms with Crippen LogP contribution in [0.4, 0.5) is 11.4 Å². The minimum atomic E-state index is 0.627. The summed E-state index contributed by atoms with van der Waals surface area (Å²) in [5, 5.41) is 0.